The van der Waals surface area contributed by atoms with E-state index < -0.39 is 29.9 Å². The Kier molecular flexibility index (Phi) is 2.69. The van der Waals surface area contributed by atoms with Crippen LogP contribution in [0.25, 0.3) is 0 Å². The summed E-state index contributed by atoms with van der Waals surface area (Å²) >= 11 is 0. The first-order valence-corrected chi connectivity index (χ1v) is 3.80. The maximum atomic E-state index is 10.9. The summed E-state index contributed by atoms with van der Waals surface area (Å²) in [4.78, 5) is 10.9. The van der Waals surface area contributed by atoms with Gasteiger partial charge in [-0.3, -0.25) is 4.79 Å². The molecular formula is C7H12O6. The van der Waals surface area contributed by atoms with E-state index >= 15 is 0 Å². The highest BCUT2D eigenvalue weighted by atomic mass is 16.6. The molecule has 0 amide bonds. The number of ketones is 1. The monoisotopic (exact) mass is 192 g/mol. The van der Waals surface area contributed by atoms with Gasteiger partial charge in [-0.25, -0.2) is 0 Å². The molecule has 1 aliphatic rings. The summed E-state index contributed by atoms with van der Waals surface area (Å²) < 4.78 is 4.51. The molecule has 0 spiro atoms. The number of hydrogen-bond acceptors (Lipinski definition) is 6. The summed E-state index contributed by atoms with van der Waals surface area (Å²) in [5, 5.41) is 37.0. The van der Waals surface area contributed by atoms with Crippen molar-refractivity contribution < 1.29 is 30.0 Å². The van der Waals surface area contributed by atoms with Gasteiger partial charge in [-0.05, 0) is 6.92 Å². The van der Waals surface area contributed by atoms with Crippen molar-refractivity contribution in [3.63, 3.8) is 0 Å². The number of Topliss-reactive ketones (excluding diaryl/α,β-unsaturated/α-hetero) is 1. The summed E-state index contributed by atoms with van der Waals surface area (Å²) in [5.74, 6) is -0.855. The molecule has 1 saturated heterocycles. The van der Waals surface area contributed by atoms with Gasteiger partial charge >= 0.3 is 0 Å². The lowest BCUT2D eigenvalue weighted by molar-refractivity contribution is -0.289. The van der Waals surface area contributed by atoms with Crippen molar-refractivity contribution in [3.8, 4) is 0 Å². The fourth-order valence-corrected chi connectivity index (χ4v) is 1.23. The van der Waals surface area contributed by atoms with Crippen LogP contribution in [0.1, 0.15) is 6.92 Å². The van der Waals surface area contributed by atoms with Crippen molar-refractivity contribution >= 4 is 5.78 Å². The van der Waals surface area contributed by atoms with Crippen LogP contribution >= 0.6 is 0 Å². The van der Waals surface area contributed by atoms with Crippen LogP contribution in [0.2, 0.25) is 0 Å². The minimum Gasteiger partial charge on any atom is -0.388 e. The van der Waals surface area contributed by atoms with Crippen molar-refractivity contribution in [2.75, 3.05) is 6.61 Å². The Hall–Kier alpha value is -0.530. The van der Waals surface area contributed by atoms with Gasteiger partial charge in [-0.1, -0.05) is 0 Å². The van der Waals surface area contributed by atoms with Crippen LogP contribution in [0.3, 0.4) is 0 Å². The summed E-state index contributed by atoms with van der Waals surface area (Å²) in [5.41, 5.74) is -2.43. The number of carbonyl (C=O) groups excluding carboxylic acids is 1. The van der Waals surface area contributed by atoms with Gasteiger partial charge in [0.1, 0.15) is 12.2 Å². The van der Waals surface area contributed by atoms with Crippen molar-refractivity contribution in [1.82, 2.24) is 0 Å². The zero-order valence-electron chi connectivity index (χ0n) is 7.04. The van der Waals surface area contributed by atoms with Crippen LogP contribution in [-0.4, -0.2) is 56.9 Å². The first-order chi connectivity index (χ1) is 5.90. The third kappa shape index (κ3) is 1.47. The van der Waals surface area contributed by atoms with Gasteiger partial charge in [0, 0.05) is 0 Å². The van der Waals surface area contributed by atoms with E-state index in [0.29, 0.717) is 0 Å². The minimum absolute atomic E-state index is 0.322. The Morgan fingerprint density at radius 2 is 2.00 bits per heavy atom. The van der Waals surface area contributed by atoms with E-state index in [1.165, 1.54) is 0 Å². The molecule has 0 aromatic carbocycles. The fourth-order valence-electron chi connectivity index (χ4n) is 1.23. The Morgan fingerprint density at radius 1 is 1.46 bits per heavy atom. The molecular weight excluding hydrogens is 180 g/mol. The van der Waals surface area contributed by atoms with Gasteiger partial charge in [0.05, 0.1) is 6.61 Å². The molecule has 4 N–H and O–H groups in total. The average Bonchev–Trinajstić information content (AvgIpc) is 2.08. The van der Waals surface area contributed by atoms with Crippen molar-refractivity contribution in [2.24, 2.45) is 0 Å². The predicted molar refractivity (Wildman–Crippen MR) is 39.6 cm³/mol. The number of carbonyl (C=O) groups is 1. The molecule has 1 aliphatic heterocycles. The van der Waals surface area contributed by atoms with Gasteiger partial charge in [-0.15, -0.1) is 0 Å². The van der Waals surface area contributed by atoms with Gasteiger partial charge in [0.2, 0.25) is 5.60 Å². The lowest BCUT2D eigenvalue weighted by Crippen LogP contribution is -2.66. The number of hydrogen-bond donors (Lipinski definition) is 4. The molecule has 4 atom stereocenters. The standard InChI is InChI=1S/C7H12O6/c1-3(8)7(12)5(10)4(9)2-13-6(7)11/h4-6,9-12H,2H2,1H3/t4-,5-,6?,7+/m1/s1. The average molecular weight is 192 g/mol. The smallest absolute Gasteiger partial charge is 0.202 e. The van der Waals surface area contributed by atoms with E-state index in [0.717, 1.165) is 6.92 Å². The van der Waals surface area contributed by atoms with Crippen molar-refractivity contribution in [3.05, 3.63) is 0 Å². The molecule has 6 heteroatoms. The Balaban J connectivity index is 2.95. The van der Waals surface area contributed by atoms with E-state index in [-0.39, 0.29) is 6.61 Å². The molecule has 0 bridgehead atoms. The molecule has 0 aromatic heterocycles. The van der Waals surface area contributed by atoms with E-state index in [4.69, 9.17) is 10.2 Å². The lowest BCUT2D eigenvalue weighted by Gasteiger charge is -2.40. The van der Waals surface area contributed by atoms with Crippen molar-refractivity contribution in [1.29, 1.82) is 0 Å². The number of ether oxygens (including phenoxy) is 1. The highest BCUT2D eigenvalue weighted by molar-refractivity contribution is 5.86. The van der Waals surface area contributed by atoms with E-state index in [9.17, 15) is 15.0 Å². The summed E-state index contributed by atoms with van der Waals surface area (Å²) in [6.45, 7) is 0.672. The molecule has 1 heterocycles. The van der Waals surface area contributed by atoms with Gasteiger partial charge in [-0.2, -0.15) is 0 Å². The van der Waals surface area contributed by atoms with Crippen LogP contribution in [0.4, 0.5) is 0 Å². The van der Waals surface area contributed by atoms with Crippen LogP contribution in [0.15, 0.2) is 0 Å². The Bertz CT molecular complexity index is 217. The SMILES string of the molecule is CC(=O)[C@@]1(O)C(O)OC[C@@H](O)[C@H]1O. The van der Waals surface area contributed by atoms with E-state index in [1.54, 1.807) is 0 Å². The highest BCUT2D eigenvalue weighted by Gasteiger charge is 2.54. The minimum atomic E-state index is -2.43. The van der Waals surface area contributed by atoms with Crippen LogP contribution < -0.4 is 0 Å². The molecule has 0 radical (unpaired) electrons. The predicted octanol–water partition coefficient (Wildman–Crippen LogP) is -2.62. The quantitative estimate of drug-likeness (QED) is 0.362. The largest absolute Gasteiger partial charge is 0.388 e. The second-order valence-corrected chi connectivity index (χ2v) is 3.08. The number of aliphatic hydroxyl groups excluding tert-OH is 3. The fraction of sp³-hybridized carbons (Fsp3) is 0.857. The molecule has 1 rings (SSSR count). The molecule has 1 unspecified atom stereocenters. The van der Waals surface area contributed by atoms with E-state index in [2.05, 4.69) is 4.74 Å². The molecule has 0 saturated carbocycles. The third-order valence-corrected chi connectivity index (χ3v) is 2.18. The highest BCUT2D eigenvalue weighted by Crippen LogP contribution is 2.25. The molecule has 1 fully saturated rings. The second-order valence-electron chi connectivity index (χ2n) is 3.08. The van der Waals surface area contributed by atoms with Crippen LogP contribution in [0.5, 0.6) is 0 Å². The summed E-state index contributed by atoms with van der Waals surface area (Å²) in [6, 6.07) is 0. The first-order valence-electron chi connectivity index (χ1n) is 3.80. The van der Waals surface area contributed by atoms with Gasteiger partial charge < -0.3 is 25.2 Å². The maximum Gasteiger partial charge on any atom is 0.202 e. The molecule has 6 nitrogen and oxygen atoms in total. The molecule has 76 valence electrons. The number of aliphatic hydroxyl groups is 4. The second kappa shape index (κ2) is 3.32. The zero-order valence-corrected chi connectivity index (χ0v) is 7.04. The Labute approximate surface area is 74.4 Å². The molecule has 0 aliphatic carbocycles. The topological polar surface area (TPSA) is 107 Å². The lowest BCUT2D eigenvalue weighted by atomic mass is 9.86. The van der Waals surface area contributed by atoms with Crippen LogP contribution in [-0.2, 0) is 9.53 Å². The molecule has 13 heavy (non-hydrogen) atoms. The normalized spacial score (nSPS) is 46.1. The number of rotatable bonds is 1. The van der Waals surface area contributed by atoms with E-state index in [1.807, 2.05) is 0 Å². The van der Waals surface area contributed by atoms with Crippen molar-refractivity contribution in [2.45, 2.75) is 31.0 Å². The summed E-state index contributed by atoms with van der Waals surface area (Å²) in [6.07, 6.45) is -4.91. The Morgan fingerprint density at radius 3 is 2.38 bits per heavy atom. The molecule has 0 aromatic rings. The van der Waals surface area contributed by atoms with Crippen LogP contribution in [0, 0.1) is 0 Å². The third-order valence-electron chi connectivity index (χ3n) is 2.18. The van der Waals surface area contributed by atoms with Gasteiger partial charge in [0.25, 0.3) is 0 Å². The summed E-state index contributed by atoms with van der Waals surface area (Å²) in [7, 11) is 0. The zero-order chi connectivity index (χ0) is 10.2. The van der Waals surface area contributed by atoms with Gasteiger partial charge in [0.15, 0.2) is 12.1 Å². The first kappa shape index (κ1) is 10.6. The maximum absolute atomic E-state index is 10.9.